The summed E-state index contributed by atoms with van der Waals surface area (Å²) in [6.45, 7) is 6.70. The lowest BCUT2D eigenvalue weighted by Gasteiger charge is -2.42. The van der Waals surface area contributed by atoms with Crippen LogP contribution in [0.5, 0.6) is 5.75 Å². The van der Waals surface area contributed by atoms with Gasteiger partial charge in [0, 0.05) is 34.7 Å². The number of nitrogens with one attached hydrogen (secondary N) is 2. The summed E-state index contributed by atoms with van der Waals surface area (Å²) in [6, 6.07) is 11.3. The van der Waals surface area contributed by atoms with Crippen LogP contribution in [0, 0.1) is 28.9 Å². The molecule has 0 spiro atoms. The number of hydrogen-bond acceptors (Lipinski definition) is 10. The Bertz CT molecular complexity index is 2010. The predicted molar refractivity (Wildman–Crippen MR) is 217 cm³/mol. The van der Waals surface area contributed by atoms with E-state index in [1.54, 1.807) is 24.3 Å². The van der Waals surface area contributed by atoms with Crippen LogP contribution < -0.4 is 15.4 Å². The third kappa shape index (κ3) is 11.4. The minimum absolute atomic E-state index is 0.0138. The van der Waals surface area contributed by atoms with Crippen LogP contribution in [0.25, 0.3) is 0 Å². The third-order valence-electron chi connectivity index (χ3n) is 10.7. The number of carbonyl (C=O) groups is 5. The number of aldehydes is 1. The molecule has 4 N–H and O–H groups in total. The standard InChI is InChI=1S/C43H50Cl2F2N2O10/c1-6-43(29-15-14-27(44)19-31(29)46)34(20-42(2,3)4)49-38(36(43)28-10-8-11-30(45)37(28)47)39(53)48-32-16-13-26(18-33(32)57-5)41(56)59-23-58-35(52)12-7-9-25(40(54)55)17-24(21-50)22-51/h8,10-11,13-16,18-19,21,24-25,34,36,38,49,51H,6-7,9,12,17,20,22-23H2,1-5H3,(H,48,53)(H,54,55)/t24?,25?,34?,36-,38+,43-/m0/s1. The average Bonchev–Trinajstić information content (AvgIpc) is 3.49. The van der Waals surface area contributed by atoms with Gasteiger partial charge in [-0.15, -0.1) is 0 Å². The first-order valence-electron chi connectivity index (χ1n) is 19.2. The molecule has 1 aliphatic heterocycles. The zero-order chi connectivity index (χ0) is 43.7. The Morgan fingerprint density at radius 1 is 1.05 bits per heavy atom. The molecule has 12 nitrogen and oxygen atoms in total. The van der Waals surface area contributed by atoms with E-state index in [4.69, 9.17) is 37.4 Å². The number of methoxy groups -OCH3 is 1. The molecular weight excluding hydrogens is 813 g/mol. The van der Waals surface area contributed by atoms with Crippen LogP contribution in [0.15, 0.2) is 54.6 Å². The first-order chi connectivity index (χ1) is 27.9. The van der Waals surface area contributed by atoms with Crippen molar-refractivity contribution in [2.45, 2.75) is 89.6 Å². The number of aliphatic carboxylic acids is 1. The van der Waals surface area contributed by atoms with Gasteiger partial charge in [0.05, 0.1) is 41.9 Å². The van der Waals surface area contributed by atoms with Crippen molar-refractivity contribution in [3.63, 3.8) is 0 Å². The molecule has 4 rings (SSSR count). The van der Waals surface area contributed by atoms with Crippen molar-refractivity contribution in [1.82, 2.24) is 5.32 Å². The number of rotatable bonds is 19. The largest absolute Gasteiger partial charge is 0.495 e. The van der Waals surface area contributed by atoms with Crippen LogP contribution in [0.1, 0.15) is 93.6 Å². The topological polar surface area (TPSA) is 178 Å². The van der Waals surface area contributed by atoms with E-state index in [1.165, 1.54) is 37.4 Å². The quantitative estimate of drug-likeness (QED) is 0.0524. The van der Waals surface area contributed by atoms with E-state index in [1.807, 2.05) is 27.7 Å². The number of ether oxygens (including phenoxy) is 3. The summed E-state index contributed by atoms with van der Waals surface area (Å²) in [7, 11) is 1.32. The number of amides is 1. The van der Waals surface area contributed by atoms with Gasteiger partial charge < -0.3 is 39.9 Å². The number of carboxylic acids is 1. The highest BCUT2D eigenvalue weighted by Gasteiger charge is 2.59. The van der Waals surface area contributed by atoms with Gasteiger partial charge in [-0.25, -0.2) is 13.6 Å². The Kier molecular flexibility index (Phi) is 16.4. The second-order valence-corrected chi connectivity index (χ2v) is 16.7. The Labute approximate surface area is 351 Å². The van der Waals surface area contributed by atoms with Gasteiger partial charge in [0.1, 0.15) is 23.7 Å². The summed E-state index contributed by atoms with van der Waals surface area (Å²) in [5, 5.41) is 24.9. The molecule has 0 saturated carbocycles. The van der Waals surface area contributed by atoms with Gasteiger partial charge in [-0.3, -0.25) is 14.4 Å². The molecule has 6 atom stereocenters. The highest BCUT2D eigenvalue weighted by Crippen LogP contribution is 2.55. The Morgan fingerprint density at radius 3 is 2.39 bits per heavy atom. The number of carboxylic acid groups (broad SMARTS) is 1. The van der Waals surface area contributed by atoms with Crippen molar-refractivity contribution in [3.8, 4) is 5.75 Å². The molecule has 1 saturated heterocycles. The lowest BCUT2D eigenvalue weighted by Crippen LogP contribution is -2.45. The van der Waals surface area contributed by atoms with Crippen LogP contribution in [0.2, 0.25) is 10.0 Å². The van der Waals surface area contributed by atoms with Crippen molar-refractivity contribution >= 4 is 59.0 Å². The monoisotopic (exact) mass is 862 g/mol. The SMILES string of the molecule is CC[C@]1(c2ccc(Cl)cc2F)C(CC(C)(C)C)N[C@@H](C(=O)Nc2ccc(C(=O)OCOC(=O)CCCC(CC(C=O)CO)C(=O)O)cc2OC)[C@@H]1c1cccc(Cl)c1F. The van der Waals surface area contributed by atoms with Crippen LogP contribution in [0.4, 0.5) is 14.5 Å². The summed E-state index contributed by atoms with van der Waals surface area (Å²) in [5.41, 5.74) is -0.945. The predicted octanol–water partition coefficient (Wildman–Crippen LogP) is 7.85. The molecule has 3 aromatic carbocycles. The lowest BCUT2D eigenvalue weighted by molar-refractivity contribution is -0.153. The molecule has 3 unspecified atom stereocenters. The summed E-state index contributed by atoms with van der Waals surface area (Å²) in [5.74, 6) is -7.40. The summed E-state index contributed by atoms with van der Waals surface area (Å²) >= 11 is 12.5. The number of benzene rings is 3. The second-order valence-electron chi connectivity index (χ2n) is 15.8. The normalized spacial score (nSPS) is 20.0. The number of aliphatic hydroxyl groups excluding tert-OH is 1. The molecule has 1 aliphatic rings. The number of hydrogen-bond donors (Lipinski definition) is 4. The van der Waals surface area contributed by atoms with Crippen molar-refractivity contribution in [1.29, 1.82) is 0 Å². The number of aliphatic hydroxyl groups is 1. The molecule has 1 fully saturated rings. The van der Waals surface area contributed by atoms with E-state index < -0.39 is 84.1 Å². The first kappa shape index (κ1) is 47.1. The highest BCUT2D eigenvalue weighted by atomic mass is 35.5. The summed E-state index contributed by atoms with van der Waals surface area (Å²) in [6.07, 6.45) is 1.18. The fraction of sp³-hybridized carbons (Fsp3) is 0.465. The van der Waals surface area contributed by atoms with Gasteiger partial charge in [0.25, 0.3) is 0 Å². The van der Waals surface area contributed by atoms with E-state index >= 15 is 8.78 Å². The molecule has 3 aromatic rings. The molecule has 0 aliphatic carbocycles. The number of carbonyl (C=O) groups excluding carboxylic acids is 4. The molecule has 1 heterocycles. The first-order valence-corrected chi connectivity index (χ1v) is 19.9. The Hall–Kier alpha value is -4.63. The molecule has 1 amide bonds. The van der Waals surface area contributed by atoms with Crippen LogP contribution in [-0.4, -0.2) is 72.9 Å². The number of esters is 2. The van der Waals surface area contributed by atoms with Gasteiger partial charge in [-0.05, 0) is 85.0 Å². The fourth-order valence-electron chi connectivity index (χ4n) is 7.96. The Morgan fingerprint density at radius 2 is 1.78 bits per heavy atom. The van der Waals surface area contributed by atoms with Crippen molar-refractivity contribution < 1.29 is 57.2 Å². The smallest absolute Gasteiger partial charge is 0.341 e. The van der Waals surface area contributed by atoms with Gasteiger partial charge in [-0.2, -0.15) is 0 Å². The maximum atomic E-state index is 16.2. The lowest BCUT2D eigenvalue weighted by atomic mass is 9.60. The van der Waals surface area contributed by atoms with E-state index in [9.17, 15) is 34.2 Å². The van der Waals surface area contributed by atoms with E-state index in [-0.39, 0.29) is 69.3 Å². The number of anilines is 1. The minimum atomic E-state index is -1.17. The molecule has 0 aromatic heterocycles. The zero-order valence-corrected chi connectivity index (χ0v) is 35.0. The number of halogens is 4. The van der Waals surface area contributed by atoms with Crippen LogP contribution in [0.3, 0.4) is 0 Å². The van der Waals surface area contributed by atoms with Crippen molar-refractivity contribution in [3.05, 3.63) is 93.0 Å². The summed E-state index contributed by atoms with van der Waals surface area (Å²) < 4.78 is 47.8. The molecule has 16 heteroatoms. The van der Waals surface area contributed by atoms with Gasteiger partial charge in [-0.1, -0.05) is 69.1 Å². The summed E-state index contributed by atoms with van der Waals surface area (Å²) in [4.78, 5) is 62.1. The molecule has 320 valence electrons. The highest BCUT2D eigenvalue weighted by molar-refractivity contribution is 6.31. The molecule has 0 radical (unpaired) electrons. The molecular formula is C43H50Cl2F2N2O10. The maximum Gasteiger partial charge on any atom is 0.341 e. The third-order valence-corrected chi connectivity index (χ3v) is 11.3. The van der Waals surface area contributed by atoms with E-state index in [0.29, 0.717) is 19.1 Å². The molecule has 0 bridgehead atoms. The van der Waals surface area contributed by atoms with Crippen molar-refractivity contribution in [2.24, 2.45) is 17.3 Å². The average molecular weight is 864 g/mol. The fourth-order valence-corrected chi connectivity index (χ4v) is 8.30. The van der Waals surface area contributed by atoms with Crippen LogP contribution in [-0.2, 0) is 34.1 Å². The van der Waals surface area contributed by atoms with Gasteiger partial charge in [0.2, 0.25) is 12.7 Å². The maximum absolute atomic E-state index is 16.2. The molecule has 59 heavy (non-hydrogen) atoms. The van der Waals surface area contributed by atoms with E-state index in [0.717, 1.165) is 0 Å². The zero-order valence-electron chi connectivity index (χ0n) is 33.5. The minimum Gasteiger partial charge on any atom is -0.495 e. The second kappa shape index (κ2) is 20.6. The van der Waals surface area contributed by atoms with Crippen molar-refractivity contribution in [2.75, 3.05) is 25.8 Å². The van der Waals surface area contributed by atoms with Crippen LogP contribution >= 0.6 is 23.2 Å². The Balaban J connectivity index is 1.54. The van der Waals surface area contributed by atoms with Gasteiger partial charge in [0.15, 0.2) is 0 Å². The van der Waals surface area contributed by atoms with E-state index in [2.05, 4.69) is 10.6 Å². The van der Waals surface area contributed by atoms with Gasteiger partial charge >= 0.3 is 17.9 Å².